The van der Waals surface area contributed by atoms with Crippen LogP contribution in [-0.2, 0) is 9.37 Å². The van der Waals surface area contributed by atoms with Gasteiger partial charge >= 0.3 is 0 Å². The van der Waals surface area contributed by atoms with E-state index in [4.69, 9.17) is 5.26 Å². The summed E-state index contributed by atoms with van der Waals surface area (Å²) in [5.74, 6) is -3.50. The van der Waals surface area contributed by atoms with Gasteiger partial charge in [-0.05, 0) is 12.5 Å². The minimum Gasteiger partial charge on any atom is -0.220 e. The van der Waals surface area contributed by atoms with Gasteiger partial charge in [0.1, 0.15) is 4.90 Å². The molecule has 0 radical (unpaired) electrons. The molecular weight excluding hydrogens is 297 g/mol. The molecule has 1 aromatic rings. The van der Waals surface area contributed by atoms with Crippen LogP contribution in [0, 0.1) is 17.5 Å². The molecule has 17 heavy (non-hydrogen) atoms. The average Bonchev–Trinajstić information content (AvgIpc) is 2.33. The summed E-state index contributed by atoms with van der Waals surface area (Å²) in [5.41, 5.74) is 0. The first-order chi connectivity index (χ1) is 8.08. The quantitative estimate of drug-likeness (QED) is 0.292. The molecular formula is C8H7F3O3S3. The molecule has 0 unspecified atom stereocenters. The second-order valence-electron chi connectivity index (χ2n) is 2.56. The van der Waals surface area contributed by atoms with Gasteiger partial charge < -0.3 is 0 Å². The standard InChI is InChI=1S/C8H7F3O3S3/c1-15-7-4(10)3(9)6(17-14-13-12)5(11)8(7)16-2/h12H,1-2H3. The van der Waals surface area contributed by atoms with Gasteiger partial charge in [-0.3, -0.25) is 0 Å². The van der Waals surface area contributed by atoms with Crippen LogP contribution >= 0.6 is 35.6 Å². The molecule has 0 fully saturated rings. The lowest BCUT2D eigenvalue weighted by Gasteiger charge is -2.11. The van der Waals surface area contributed by atoms with E-state index in [1.54, 1.807) is 0 Å². The average molecular weight is 304 g/mol. The molecule has 0 saturated heterocycles. The SMILES string of the molecule is CSc1c(F)c(F)c(SOOO)c(F)c1SC. The molecule has 1 N–H and O–H groups in total. The Balaban J connectivity index is 3.36. The van der Waals surface area contributed by atoms with E-state index < -0.39 is 22.3 Å². The summed E-state index contributed by atoms with van der Waals surface area (Å²) in [6.45, 7) is 0. The molecule has 1 rings (SSSR count). The monoisotopic (exact) mass is 304 g/mol. The third-order valence-corrected chi connectivity index (χ3v) is 4.12. The van der Waals surface area contributed by atoms with Crippen molar-refractivity contribution in [3.8, 4) is 0 Å². The van der Waals surface area contributed by atoms with Gasteiger partial charge in [-0.15, -0.1) is 27.9 Å². The Hall–Kier alpha value is -0.0600. The van der Waals surface area contributed by atoms with Crippen molar-refractivity contribution < 1.29 is 27.8 Å². The molecule has 0 spiro atoms. The highest BCUT2D eigenvalue weighted by Crippen LogP contribution is 2.40. The van der Waals surface area contributed by atoms with Crippen molar-refractivity contribution in [1.29, 1.82) is 0 Å². The number of thioether (sulfide) groups is 2. The normalized spacial score (nSPS) is 10.9. The Morgan fingerprint density at radius 1 is 0.882 bits per heavy atom. The first-order valence-electron chi connectivity index (χ1n) is 4.01. The van der Waals surface area contributed by atoms with Crippen molar-refractivity contribution >= 4 is 35.6 Å². The van der Waals surface area contributed by atoms with Gasteiger partial charge in [-0.1, -0.05) is 5.04 Å². The van der Waals surface area contributed by atoms with Crippen molar-refractivity contribution in [2.75, 3.05) is 12.5 Å². The van der Waals surface area contributed by atoms with Crippen LogP contribution in [0.3, 0.4) is 0 Å². The fraction of sp³-hybridized carbons (Fsp3) is 0.250. The van der Waals surface area contributed by atoms with Gasteiger partial charge in [0.2, 0.25) is 0 Å². The van der Waals surface area contributed by atoms with E-state index in [0.29, 0.717) is 0 Å². The molecule has 0 aliphatic heterocycles. The maximum atomic E-state index is 13.8. The largest absolute Gasteiger partial charge is 0.220 e. The zero-order chi connectivity index (χ0) is 13.0. The summed E-state index contributed by atoms with van der Waals surface area (Å²) in [7, 11) is 0. The highest BCUT2D eigenvalue weighted by Gasteiger charge is 2.25. The maximum absolute atomic E-state index is 13.8. The van der Waals surface area contributed by atoms with Gasteiger partial charge in [0.25, 0.3) is 0 Å². The summed E-state index contributed by atoms with van der Waals surface area (Å²) in [6, 6.07) is 0. The maximum Gasteiger partial charge on any atom is 0.179 e. The van der Waals surface area contributed by atoms with E-state index in [0.717, 1.165) is 23.5 Å². The van der Waals surface area contributed by atoms with Crippen LogP contribution in [0.1, 0.15) is 0 Å². The van der Waals surface area contributed by atoms with E-state index in [-0.39, 0.29) is 21.8 Å². The molecule has 0 aromatic heterocycles. The number of hydrogen-bond acceptors (Lipinski definition) is 6. The highest BCUT2D eigenvalue weighted by atomic mass is 32.2. The Kier molecular flexibility index (Phi) is 5.97. The third kappa shape index (κ3) is 3.04. The highest BCUT2D eigenvalue weighted by molar-refractivity contribution is 8.01. The molecule has 0 saturated carbocycles. The summed E-state index contributed by atoms with van der Waals surface area (Å²) in [4.78, 5) is -0.846. The molecule has 0 amide bonds. The fourth-order valence-electron chi connectivity index (χ4n) is 1.09. The zero-order valence-electron chi connectivity index (χ0n) is 8.62. The molecule has 3 nitrogen and oxygen atoms in total. The Morgan fingerprint density at radius 3 is 1.82 bits per heavy atom. The predicted octanol–water partition coefficient (Wildman–Crippen LogP) is 3.98. The topological polar surface area (TPSA) is 38.7 Å². The first-order valence-corrected chi connectivity index (χ1v) is 7.20. The first kappa shape index (κ1) is 15.0. The number of rotatable bonds is 5. The molecule has 9 heteroatoms. The van der Waals surface area contributed by atoms with Gasteiger partial charge in [-0.25, -0.2) is 18.4 Å². The Morgan fingerprint density at radius 2 is 1.35 bits per heavy atom. The lowest BCUT2D eigenvalue weighted by Crippen LogP contribution is -2.00. The van der Waals surface area contributed by atoms with Gasteiger partial charge in [0.15, 0.2) is 17.5 Å². The third-order valence-electron chi connectivity index (χ3n) is 1.75. The van der Waals surface area contributed by atoms with Crippen LogP contribution in [0.25, 0.3) is 0 Å². The van der Waals surface area contributed by atoms with Crippen molar-refractivity contribution in [3.05, 3.63) is 17.5 Å². The van der Waals surface area contributed by atoms with Gasteiger partial charge in [-0.2, -0.15) is 0 Å². The van der Waals surface area contributed by atoms with Crippen LogP contribution in [0.5, 0.6) is 0 Å². The summed E-state index contributed by atoms with van der Waals surface area (Å²) < 4.78 is 44.8. The van der Waals surface area contributed by atoms with Crippen molar-refractivity contribution in [3.63, 3.8) is 0 Å². The molecule has 0 aliphatic carbocycles. The summed E-state index contributed by atoms with van der Waals surface area (Å²) in [5, 5.41) is 11.1. The van der Waals surface area contributed by atoms with Crippen LogP contribution in [0.15, 0.2) is 14.7 Å². The minimum absolute atomic E-state index is 0.0274. The molecule has 0 atom stereocenters. The summed E-state index contributed by atoms with van der Waals surface area (Å²) in [6.07, 6.45) is 3.05. The second kappa shape index (κ2) is 6.76. The second-order valence-corrected chi connectivity index (χ2v) is 4.91. The smallest absolute Gasteiger partial charge is 0.179 e. The number of hydrogen-bond donors (Lipinski definition) is 1. The van der Waals surface area contributed by atoms with Crippen LogP contribution in [-0.4, -0.2) is 17.8 Å². The Labute approximate surface area is 108 Å². The Bertz CT molecular complexity index is 417. The molecule has 0 aliphatic rings. The molecule has 1 aromatic carbocycles. The van der Waals surface area contributed by atoms with Crippen molar-refractivity contribution in [2.24, 2.45) is 0 Å². The minimum atomic E-state index is -1.38. The van der Waals surface area contributed by atoms with Crippen molar-refractivity contribution in [1.82, 2.24) is 0 Å². The van der Waals surface area contributed by atoms with Crippen molar-refractivity contribution in [2.45, 2.75) is 14.7 Å². The number of benzene rings is 1. The molecule has 0 heterocycles. The lowest BCUT2D eigenvalue weighted by molar-refractivity contribution is -0.432. The lowest BCUT2D eigenvalue weighted by atomic mass is 10.3. The van der Waals surface area contributed by atoms with Crippen LogP contribution < -0.4 is 0 Å². The van der Waals surface area contributed by atoms with E-state index in [9.17, 15) is 13.2 Å². The molecule has 0 bridgehead atoms. The van der Waals surface area contributed by atoms with Crippen LogP contribution in [0.4, 0.5) is 13.2 Å². The predicted molar refractivity (Wildman–Crippen MR) is 60.5 cm³/mol. The van der Waals surface area contributed by atoms with Gasteiger partial charge in [0, 0.05) is 0 Å². The van der Waals surface area contributed by atoms with E-state index in [2.05, 4.69) is 9.37 Å². The van der Waals surface area contributed by atoms with E-state index in [1.807, 2.05) is 0 Å². The molecule has 96 valence electrons. The van der Waals surface area contributed by atoms with E-state index >= 15 is 0 Å². The zero-order valence-corrected chi connectivity index (χ0v) is 11.1. The number of halogens is 3. The van der Waals surface area contributed by atoms with E-state index in [1.165, 1.54) is 12.5 Å². The fourth-order valence-corrected chi connectivity index (χ4v) is 3.19. The summed E-state index contributed by atoms with van der Waals surface area (Å²) >= 11 is 1.90. The van der Waals surface area contributed by atoms with Crippen LogP contribution in [0.2, 0.25) is 0 Å². The van der Waals surface area contributed by atoms with Gasteiger partial charge in [0.05, 0.1) is 21.8 Å².